The fourth-order valence-electron chi connectivity index (χ4n) is 3.93. The highest BCUT2D eigenvalue weighted by Gasteiger charge is 2.29. The summed E-state index contributed by atoms with van der Waals surface area (Å²) in [5, 5.41) is 2.94. The lowest BCUT2D eigenvalue weighted by Crippen LogP contribution is -2.50. The fourth-order valence-corrected chi connectivity index (χ4v) is 4.89. The van der Waals surface area contributed by atoms with Gasteiger partial charge in [-0.2, -0.15) is 0 Å². The van der Waals surface area contributed by atoms with Crippen molar-refractivity contribution in [3.63, 3.8) is 0 Å². The summed E-state index contributed by atoms with van der Waals surface area (Å²) < 4.78 is 58.0. The van der Waals surface area contributed by atoms with Crippen LogP contribution < -0.4 is 14.4 Å². The Labute approximate surface area is 224 Å². The predicted octanol–water partition coefficient (Wildman–Crippen LogP) is 4.24. The molecule has 0 radical (unpaired) electrons. The zero-order valence-electron chi connectivity index (χ0n) is 22.5. The molecule has 0 aliphatic rings. The minimum Gasteiger partial charge on any atom is -0.497 e. The third-order valence-electron chi connectivity index (χ3n) is 6.24. The second-order valence-electron chi connectivity index (χ2n) is 9.15. The number of halogens is 2. The Hall–Kier alpha value is -3.21. The zero-order chi connectivity index (χ0) is 28.5. The Morgan fingerprint density at radius 1 is 1.03 bits per heavy atom. The number of nitrogens with one attached hydrogen (secondary N) is 1. The van der Waals surface area contributed by atoms with Crippen LogP contribution in [-0.2, 0) is 26.2 Å². The lowest BCUT2D eigenvalue weighted by Gasteiger charge is -2.32. The Bertz CT molecular complexity index is 1190. The number of benzene rings is 2. The normalized spacial score (nSPS) is 12.9. The van der Waals surface area contributed by atoms with Crippen molar-refractivity contribution in [1.82, 2.24) is 10.2 Å². The SMILES string of the molecule is CCC(C)NC(=O)C(CC)N(Cc1ccc(OC)cc1)C(=O)CCCN(c1ccc(F)c(F)c1)S(C)(=O)=O. The van der Waals surface area contributed by atoms with E-state index in [4.69, 9.17) is 4.74 Å². The van der Waals surface area contributed by atoms with Gasteiger partial charge in [-0.3, -0.25) is 13.9 Å². The smallest absolute Gasteiger partial charge is 0.243 e. The summed E-state index contributed by atoms with van der Waals surface area (Å²) >= 11 is 0. The van der Waals surface area contributed by atoms with Crippen LogP contribution in [0.4, 0.5) is 14.5 Å². The standard InChI is InChI=1S/C27H37F2N3O5S/c1-6-19(3)30-27(34)25(7-2)31(18-20-10-13-22(37-4)14-11-20)26(33)9-8-16-32(38(5,35)36)21-12-15-23(28)24(29)17-21/h10-15,17,19,25H,6-9,16,18H2,1-5H3,(H,30,34). The summed E-state index contributed by atoms with van der Waals surface area (Å²) in [6, 6.07) is 9.20. The van der Waals surface area contributed by atoms with Crippen LogP contribution in [0.25, 0.3) is 0 Å². The lowest BCUT2D eigenvalue weighted by atomic mass is 10.1. The van der Waals surface area contributed by atoms with Crippen LogP contribution in [0.5, 0.6) is 5.75 Å². The molecule has 11 heteroatoms. The first kappa shape index (κ1) is 31.0. The van der Waals surface area contributed by atoms with Gasteiger partial charge in [0.15, 0.2) is 11.6 Å². The topological polar surface area (TPSA) is 96.0 Å². The number of amides is 2. The molecular weight excluding hydrogens is 516 g/mol. The highest BCUT2D eigenvalue weighted by atomic mass is 32.2. The summed E-state index contributed by atoms with van der Waals surface area (Å²) in [4.78, 5) is 28.0. The van der Waals surface area contributed by atoms with E-state index in [0.29, 0.717) is 12.2 Å². The third-order valence-corrected chi connectivity index (χ3v) is 7.44. The van der Waals surface area contributed by atoms with Gasteiger partial charge in [-0.25, -0.2) is 17.2 Å². The summed E-state index contributed by atoms with van der Waals surface area (Å²) in [6.45, 7) is 5.71. The summed E-state index contributed by atoms with van der Waals surface area (Å²) in [7, 11) is -2.28. The van der Waals surface area contributed by atoms with Gasteiger partial charge < -0.3 is 15.0 Å². The maximum Gasteiger partial charge on any atom is 0.243 e. The molecule has 2 unspecified atom stereocenters. The summed E-state index contributed by atoms with van der Waals surface area (Å²) in [6.07, 6.45) is 2.12. The van der Waals surface area contributed by atoms with E-state index < -0.39 is 27.7 Å². The molecule has 2 atom stereocenters. The molecule has 0 fully saturated rings. The number of anilines is 1. The quantitative estimate of drug-likeness (QED) is 0.378. The van der Waals surface area contributed by atoms with Gasteiger partial charge in [0, 0.05) is 31.6 Å². The average Bonchev–Trinajstić information content (AvgIpc) is 2.87. The minimum atomic E-state index is -3.83. The molecule has 0 aromatic heterocycles. The number of methoxy groups -OCH3 is 1. The van der Waals surface area contributed by atoms with E-state index in [0.717, 1.165) is 34.7 Å². The Morgan fingerprint density at radius 3 is 2.21 bits per heavy atom. The molecule has 2 aromatic carbocycles. The molecule has 0 spiro atoms. The van der Waals surface area contributed by atoms with E-state index in [1.165, 1.54) is 11.0 Å². The molecule has 8 nitrogen and oxygen atoms in total. The van der Waals surface area contributed by atoms with E-state index in [1.54, 1.807) is 19.2 Å². The molecule has 0 saturated heterocycles. The van der Waals surface area contributed by atoms with Gasteiger partial charge in [-0.15, -0.1) is 0 Å². The van der Waals surface area contributed by atoms with E-state index in [1.807, 2.05) is 32.9 Å². The van der Waals surface area contributed by atoms with Crippen LogP contribution in [0, 0.1) is 11.6 Å². The number of nitrogens with zero attached hydrogens (tertiary/aromatic N) is 2. The molecule has 0 saturated carbocycles. The fraction of sp³-hybridized carbons (Fsp3) is 0.481. The van der Waals surface area contributed by atoms with Gasteiger partial charge in [0.1, 0.15) is 11.8 Å². The highest BCUT2D eigenvalue weighted by Crippen LogP contribution is 2.22. The molecule has 0 bridgehead atoms. The van der Waals surface area contributed by atoms with Crippen molar-refractivity contribution in [1.29, 1.82) is 0 Å². The van der Waals surface area contributed by atoms with Crippen molar-refractivity contribution in [2.24, 2.45) is 0 Å². The second-order valence-corrected chi connectivity index (χ2v) is 11.1. The number of hydrogen-bond acceptors (Lipinski definition) is 5. The van der Waals surface area contributed by atoms with Crippen molar-refractivity contribution in [3.8, 4) is 5.75 Å². The van der Waals surface area contributed by atoms with Crippen molar-refractivity contribution in [2.45, 2.75) is 65.1 Å². The maximum atomic E-state index is 13.8. The van der Waals surface area contributed by atoms with Gasteiger partial charge in [-0.05, 0) is 56.0 Å². The molecular formula is C27H37F2N3O5S. The number of rotatable bonds is 14. The second kappa shape index (κ2) is 14.1. The predicted molar refractivity (Wildman–Crippen MR) is 143 cm³/mol. The molecule has 0 heterocycles. The molecule has 38 heavy (non-hydrogen) atoms. The molecule has 210 valence electrons. The van der Waals surface area contributed by atoms with Crippen molar-refractivity contribution >= 4 is 27.5 Å². The molecule has 0 aliphatic carbocycles. The average molecular weight is 554 g/mol. The Kier molecular flexibility index (Phi) is 11.5. The van der Waals surface area contributed by atoms with Crippen LogP contribution in [0.2, 0.25) is 0 Å². The molecule has 2 amide bonds. The first-order valence-corrected chi connectivity index (χ1v) is 14.4. The van der Waals surface area contributed by atoms with Crippen LogP contribution >= 0.6 is 0 Å². The number of hydrogen-bond donors (Lipinski definition) is 1. The first-order valence-electron chi connectivity index (χ1n) is 12.6. The highest BCUT2D eigenvalue weighted by molar-refractivity contribution is 7.92. The Balaban J connectivity index is 2.24. The van der Waals surface area contributed by atoms with Gasteiger partial charge in [0.25, 0.3) is 0 Å². The van der Waals surface area contributed by atoms with Crippen molar-refractivity contribution in [2.75, 3.05) is 24.2 Å². The van der Waals surface area contributed by atoms with Crippen molar-refractivity contribution in [3.05, 3.63) is 59.7 Å². The number of carbonyl (C=O) groups excluding carboxylic acids is 2. The minimum absolute atomic E-state index is 0.0340. The Morgan fingerprint density at radius 2 is 1.68 bits per heavy atom. The number of ether oxygens (including phenoxy) is 1. The lowest BCUT2D eigenvalue weighted by molar-refractivity contribution is -0.141. The van der Waals surface area contributed by atoms with Crippen LogP contribution in [0.1, 0.15) is 52.0 Å². The third kappa shape index (κ3) is 8.68. The van der Waals surface area contributed by atoms with Gasteiger partial charge in [0.2, 0.25) is 21.8 Å². The van der Waals surface area contributed by atoms with Gasteiger partial charge >= 0.3 is 0 Å². The van der Waals surface area contributed by atoms with Crippen LogP contribution in [0.3, 0.4) is 0 Å². The van der Waals surface area contributed by atoms with E-state index >= 15 is 0 Å². The summed E-state index contributed by atoms with van der Waals surface area (Å²) in [5.74, 6) is -2.19. The number of carbonyl (C=O) groups is 2. The van der Waals surface area contributed by atoms with Crippen LogP contribution in [-0.4, -0.2) is 57.1 Å². The van der Waals surface area contributed by atoms with E-state index in [-0.39, 0.29) is 49.5 Å². The molecule has 2 aromatic rings. The summed E-state index contributed by atoms with van der Waals surface area (Å²) in [5.41, 5.74) is 0.766. The monoisotopic (exact) mass is 553 g/mol. The maximum absolute atomic E-state index is 13.8. The first-order chi connectivity index (χ1) is 17.9. The van der Waals surface area contributed by atoms with Crippen molar-refractivity contribution < 1.29 is 31.5 Å². The zero-order valence-corrected chi connectivity index (χ0v) is 23.4. The van der Waals surface area contributed by atoms with Gasteiger partial charge in [-0.1, -0.05) is 26.0 Å². The van der Waals surface area contributed by atoms with E-state index in [9.17, 15) is 26.8 Å². The molecule has 2 rings (SSSR count). The largest absolute Gasteiger partial charge is 0.497 e. The molecule has 0 aliphatic heterocycles. The van der Waals surface area contributed by atoms with Gasteiger partial charge in [0.05, 0.1) is 19.1 Å². The van der Waals surface area contributed by atoms with E-state index in [2.05, 4.69) is 5.32 Å². The molecule has 1 N–H and O–H groups in total. The van der Waals surface area contributed by atoms with Crippen LogP contribution in [0.15, 0.2) is 42.5 Å². The number of sulfonamides is 1.